The van der Waals surface area contributed by atoms with Crippen molar-refractivity contribution in [1.82, 2.24) is 0 Å². The number of nitrogens with zero attached hydrogens (tertiary/aromatic N) is 1. The summed E-state index contributed by atoms with van der Waals surface area (Å²) in [5, 5.41) is 9.83. The van der Waals surface area contributed by atoms with E-state index >= 15 is 0 Å². The van der Waals surface area contributed by atoms with E-state index in [1.165, 1.54) is 6.07 Å². The first-order chi connectivity index (χ1) is 6.34. The van der Waals surface area contributed by atoms with E-state index in [0.717, 1.165) is 0 Å². The van der Waals surface area contributed by atoms with Crippen LogP contribution >= 0.6 is 0 Å². The Balaban J connectivity index is 3.38. The highest BCUT2D eigenvalue weighted by Crippen LogP contribution is 2.31. The van der Waals surface area contributed by atoms with Crippen LogP contribution in [0, 0.1) is 5.82 Å². The van der Waals surface area contributed by atoms with Gasteiger partial charge in [-0.1, -0.05) is 6.07 Å². The molecule has 2 nitrogen and oxygen atoms in total. The summed E-state index contributed by atoms with van der Waals surface area (Å²) in [4.78, 5) is 1.79. The molecule has 1 aromatic carbocycles. The summed E-state index contributed by atoms with van der Waals surface area (Å²) in [6.07, 6.45) is 0. The number of halogens is 1. The van der Waals surface area contributed by atoms with Crippen LogP contribution in [0.5, 0.6) is 0 Å². The molecule has 0 unspecified atom stereocenters. The number of rotatable bonds is 2. The lowest BCUT2D eigenvalue weighted by Crippen LogP contribution is -2.23. The number of aliphatic hydroxyl groups is 1. The monoisotopic (exact) mass is 197 g/mol. The van der Waals surface area contributed by atoms with Crippen LogP contribution in [-0.4, -0.2) is 19.2 Å². The molecule has 78 valence electrons. The molecule has 0 aliphatic rings. The summed E-state index contributed by atoms with van der Waals surface area (Å²) in [6.45, 7) is 3.16. The van der Waals surface area contributed by atoms with E-state index in [1.807, 2.05) is 14.1 Å². The quantitative estimate of drug-likeness (QED) is 0.785. The molecule has 3 heteroatoms. The molecule has 0 aliphatic heterocycles. The van der Waals surface area contributed by atoms with Gasteiger partial charge in [0.2, 0.25) is 0 Å². The van der Waals surface area contributed by atoms with Gasteiger partial charge >= 0.3 is 0 Å². The third-order valence-electron chi connectivity index (χ3n) is 2.09. The molecule has 0 bridgehead atoms. The van der Waals surface area contributed by atoms with E-state index in [0.29, 0.717) is 11.3 Å². The van der Waals surface area contributed by atoms with Crippen LogP contribution in [0.4, 0.5) is 10.1 Å². The van der Waals surface area contributed by atoms with E-state index in [9.17, 15) is 9.50 Å². The average Bonchev–Trinajstić information content (AvgIpc) is 2.01. The van der Waals surface area contributed by atoms with Crippen LogP contribution in [0.1, 0.15) is 19.4 Å². The summed E-state index contributed by atoms with van der Waals surface area (Å²) in [5.41, 5.74) is -0.118. The Morgan fingerprint density at radius 3 is 2.21 bits per heavy atom. The largest absolute Gasteiger partial charge is 0.386 e. The van der Waals surface area contributed by atoms with Crippen molar-refractivity contribution in [3.63, 3.8) is 0 Å². The fraction of sp³-hybridized carbons (Fsp3) is 0.455. The van der Waals surface area contributed by atoms with Crippen molar-refractivity contribution < 1.29 is 9.50 Å². The molecule has 1 N–H and O–H groups in total. The third-order valence-corrected chi connectivity index (χ3v) is 2.09. The molecule has 0 saturated carbocycles. The molecule has 0 aliphatic carbocycles. The lowest BCUT2D eigenvalue weighted by Gasteiger charge is -2.25. The second kappa shape index (κ2) is 3.58. The Morgan fingerprint density at radius 2 is 1.86 bits per heavy atom. The van der Waals surface area contributed by atoms with E-state index in [-0.39, 0.29) is 5.82 Å². The second-order valence-corrected chi connectivity index (χ2v) is 4.09. The Morgan fingerprint density at radius 1 is 1.29 bits per heavy atom. The van der Waals surface area contributed by atoms with Crippen LogP contribution in [0.3, 0.4) is 0 Å². The molecule has 0 aromatic heterocycles. The summed E-state index contributed by atoms with van der Waals surface area (Å²) in [6, 6.07) is 4.79. The first kappa shape index (κ1) is 11.0. The van der Waals surface area contributed by atoms with Gasteiger partial charge < -0.3 is 10.0 Å². The zero-order valence-corrected chi connectivity index (χ0v) is 9.00. The maximum Gasteiger partial charge on any atom is 0.131 e. The molecular formula is C11H16FNO. The van der Waals surface area contributed by atoms with Crippen LogP contribution in [0.15, 0.2) is 18.2 Å². The van der Waals surface area contributed by atoms with E-state index in [1.54, 1.807) is 30.9 Å². The first-order valence-electron chi connectivity index (χ1n) is 4.52. The Bertz CT molecular complexity index is 329. The van der Waals surface area contributed by atoms with E-state index < -0.39 is 5.60 Å². The van der Waals surface area contributed by atoms with Gasteiger partial charge in [-0.15, -0.1) is 0 Å². The van der Waals surface area contributed by atoms with Crippen LogP contribution in [0.2, 0.25) is 0 Å². The van der Waals surface area contributed by atoms with Gasteiger partial charge in [-0.3, -0.25) is 0 Å². The predicted molar refractivity (Wildman–Crippen MR) is 56.0 cm³/mol. The minimum Gasteiger partial charge on any atom is -0.386 e. The zero-order valence-electron chi connectivity index (χ0n) is 9.00. The van der Waals surface area contributed by atoms with Crippen molar-refractivity contribution in [2.24, 2.45) is 0 Å². The number of hydrogen-bond acceptors (Lipinski definition) is 2. The van der Waals surface area contributed by atoms with Crippen LogP contribution < -0.4 is 4.90 Å². The summed E-state index contributed by atoms with van der Waals surface area (Å²) < 4.78 is 13.5. The minimum absolute atomic E-state index is 0.338. The zero-order chi connectivity index (χ0) is 10.9. The highest BCUT2D eigenvalue weighted by Gasteiger charge is 2.24. The molecule has 0 spiro atoms. The summed E-state index contributed by atoms with van der Waals surface area (Å²) >= 11 is 0. The molecular weight excluding hydrogens is 181 g/mol. The second-order valence-electron chi connectivity index (χ2n) is 4.09. The van der Waals surface area contributed by atoms with Gasteiger partial charge in [0.15, 0.2) is 0 Å². The van der Waals surface area contributed by atoms with Gasteiger partial charge in [0.1, 0.15) is 5.82 Å². The van der Waals surface area contributed by atoms with Crippen molar-refractivity contribution in [1.29, 1.82) is 0 Å². The van der Waals surface area contributed by atoms with Crippen LogP contribution in [0.25, 0.3) is 0 Å². The van der Waals surface area contributed by atoms with Crippen LogP contribution in [-0.2, 0) is 5.60 Å². The van der Waals surface area contributed by atoms with Gasteiger partial charge in [0, 0.05) is 25.3 Å². The molecule has 0 radical (unpaired) electrons. The summed E-state index contributed by atoms with van der Waals surface area (Å²) in [7, 11) is 3.65. The fourth-order valence-electron chi connectivity index (χ4n) is 1.49. The van der Waals surface area contributed by atoms with E-state index in [2.05, 4.69) is 0 Å². The number of anilines is 1. The third kappa shape index (κ3) is 2.04. The van der Waals surface area contributed by atoms with Gasteiger partial charge in [0.25, 0.3) is 0 Å². The molecule has 0 atom stereocenters. The van der Waals surface area contributed by atoms with Gasteiger partial charge in [-0.05, 0) is 26.0 Å². The van der Waals surface area contributed by atoms with Crippen molar-refractivity contribution in [3.8, 4) is 0 Å². The molecule has 1 aromatic rings. The fourth-order valence-corrected chi connectivity index (χ4v) is 1.49. The molecule has 0 saturated heterocycles. The minimum atomic E-state index is -1.16. The molecule has 0 amide bonds. The topological polar surface area (TPSA) is 23.5 Å². The highest BCUT2D eigenvalue weighted by molar-refractivity contribution is 5.55. The lowest BCUT2D eigenvalue weighted by molar-refractivity contribution is 0.0751. The van der Waals surface area contributed by atoms with Crippen molar-refractivity contribution in [3.05, 3.63) is 29.6 Å². The smallest absolute Gasteiger partial charge is 0.131 e. The van der Waals surface area contributed by atoms with Crippen molar-refractivity contribution in [2.75, 3.05) is 19.0 Å². The predicted octanol–water partition coefficient (Wildman–Crippen LogP) is 2.12. The summed E-state index contributed by atoms with van der Waals surface area (Å²) in [5.74, 6) is -0.372. The van der Waals surface area contributed by atoms with Crippen molar-refractivity contribution in [2.45, 2.75) is 19.4 Å². The molecule has 0 fully saturated rings. The average molecular weight is 197 g/mol. The maximum atomic E-state index is 13.5. The normalized spacial score (nSPS) is 11.6. The van der Waals surface area contributed by atoms with Gasteiger partial charge in [-0.25, -0.2) is 4.39 Å². The number of benzene rings is 1. The van der Waals surface area contributed by atoms with Gasteiger partial charge in [0.05, 0.1) is 5.60 Å². The van der Waals surface area contributed by atoms with Crippen molar-refractivity contribution >= 4 is 5.69 Å². The SMILES string of the molecule is CN(C)c1cccc(F)c1C(C)(C)O. The first-order valence-corrected chi connectivity index (χ1v) is 4.52. The maximum absolute atomic E-state index is 13.5. The lowest BCUT2D eigenvalue weighted by atomic mass is 9.95. The van der Waals surface area contributed by atoms with Gasteiger partial charge in [-0.2, -0.15) is 0 Å². The van der Waals surface area contributed by atoms with E-state index in [4.69, 9.17) is 0 Å². The molecule has 1 rings (SSSR count). The molecule has 0 heterocycles. The Hall–Kier alpha value is -1.09. The molecule has 14 heavy (non-hydrogen) atoms. The Labute approximate surface area is 84.0 Å². The number of hydrogen-bond donors (Lipinski definition) is 1. The Kier molecular flexibility index (Phi) is 2.81. The highest BCUT2D eigenvalue weighted by atomic mass is 19.1. The standard InChI is InChI=1S/C11H16FNO/c1-11(2,14)10-8(12)6-5-7-9(10)13(3)4/h5-7,14H,1-4H3.